The summed E-state index contributed by atoms with van der Waals surface area (Å²) in [5, 5.41) is 40.5. The Morgan fingerprint density at radius 1 is 0.596 bits per heavy atom. The van der Waals surface area contributed by atoms with Crippen molar-refractivity contribution in [2.24, 2.45) is 45.3 Å². The van der Waals surface area contributed by atoms with Crippen molar-refractivity contribution >= 4 is 94.6 Å². The average molecular weight is 1340 g/mol. The third-order valence-corrected chi connectivity index (χ3v) is 16.2. The van der Waals surface area contributed by atoms with Gasteiger partial charge in [-0.3, -0.25) is 67.3 Å². The number of carbonyl (C=O) groups excluding carboxylic acids is 12. The van der Waals surface area contributed by atoms with Gasteiger partial charge in [0.2, 0.25) is 70.9 Å². The molecule has 0 aromatic heterocycles. The standard InChI is InChI=1S/C61H93N17O15S/c1-34(2)28-41(54(87)71-39(51(65)84)22-27-94-3)70-49(81)33-69-52(85)42(30-36-18-20-37(79)21-19-36)73-55(88)43(29-35-12-5-4-6-13-35)74-53(86)40(15-9-24-68-61(66)67)72-56(89)44(32-50(82)83)75-57(90)47-17-11-26-78(47)60(93)45(31-48(64)80)76-58(91)46-16-10-25-77(46)59(92)38(63)14-7-8-23-62/h4-6,12-13,18-21,34,38-47,79H,7-11,14-17,22-33,62-63H2,1-3H3,(H2,64,80)(H2,65,84)(H,69,85)(H,70,81)(H,71,87)(H,72,89)(H,73,88)(H,74,86)(H,75,90)(H,76,91)(H,82,83)(H4,66,67,68)/t38-,39-,40-,41-,42-,43-,44-,45-,46-,47-/m0/s1. The van der Waals surface area contributed by atoms with E-state index in [1.807, 2.05) is 20.1 Å². The summed E-state index contributed by atoms with van der Waals surface area (Å²) >= 11 is 1.44. The minimum Gasteiger partial charge on any atom is -0.508 e. The predicted octanol–water partition coefficient (Wildman–Crippen LogP) is -4.19. The fraction of sp³-hybridized carbons (Fsp3) is 0.574. The van der Waals surface area contributed by atoms with Gasteiger partial charge in [-0.1, -0.05) is 62.7 Å². The third-order valence-electron chi connectivity index (χ3n) is 15.6. The molecule has 0 radical (unpaired) electrons. The highest BCUT2D eigenvalue weighted by Gasteiger charge is 2.43. The van der Waals surface area contributed by atoms with Crippen molar-refractivity contribution in [2.45, 2.75) is 171 Å². The van der Waals surface area contributed by atoms with Crippen LogP contribution in [0.1, 0.15) is 108 Å². The maximum Gasteiger partial charge on any atom is 0.305 e. The molecule has 0 unspecified atom stereocenters. The summed E-state index contributed by atoms with van der Waals surface area (Å²) in [7, 11) is 0. The molecule has 0 spiro atoms. The van der Waals surface area contributed by atoms with E-state index in [1.54, 1.807) is 30.3 Å². The molecular formula is C61H93N17O15S. The van der Waals surface area contributed by atoms with Crippen molar-refractivity contribution in [1.82, 2.24) is 52.3 Å². The van der Waals surface area contributed by atoms with Gasteiger partial charge in [0.15, 0.2) is 5.96 Å². The fourth-order valence-electron chi connectivity index (χ4n) is 10.7. The van der Waals surface area contributed by atoms with Crippen molar-refractivity contribution < 1.29 is 72.5 Å². The molecule has 0 saturated carbocycles. The lowest BCUT2D eigenvalue weighted by Crippen LogP contribution is -2.60. The highest BCUT2D eigenvalue weighted by atomic mass is 32.2. The van der Waals surface area contributed by atoms with Gasteiger partial charge in [-0.2, -0.15) is 11.8 Å². The number of aliphatic imine (C=N–C) groups is 1. The van der Waals surface area contributed by atoms with Gasteiger partial charge in [0, 0.05) is 32.5 Å². The average Bonchev–Trinajstić information content (AvgIpc) is 1.60. The Labute approximate surface area is 549 Å². The first kappa shape index (κ1) is 77.3. The number of unbranched alkanes of at least 4 members (excludes halogenated alkanes) is 1. The first-order valence-corrected chi connectivity index (χ1v) is 32.6. The normalized spacial score (nSPS) is 16.9. The third kappa shape index (κ3) is 26.1. The lowest BCUT2D eigenvalue weighted by molar-refractivity contribution is -0.145. The zero-order valence-corrected chi connectivity index (χ0v) is 54.1. The van der Waals surface area contributed by atoms with Crippen molar-refractivity contribution in [2.75, 3.05) is 44.7 Å². The monoisotopic (exact) mass is 1340 g/mol. The largest absolute Gasteiger partial charge is 0.508 e. The summed E-state index contributed by atoms with van der Waals surface area (Å²) in [4.78, 5) is 184. The number of hydrogen-bond acceptors (Lipinski definition) is 18. The van der Waals surface area contributed by atoms with Crippen LogP contribution in [0.3, 0.4) is 0 Å². The first-order valence-electron chi connectivity index (χ1n) is 31.2. The maximum atomic E-state index is 14.7. The molecule has 94 heavy (non-hydrogen) atoms. The molecule has 32 nitrogen and oxygen atoms in total. The van der Waals surface area contributed by atoms with E-state index in [4.69, 9.17) is 34.4 Å². The molecule has 2 heterocycles. The number of nitrogens with one attached hydrogen (secondary N) is 8. The number of guanidine groups is 1. The number of phenols is 1. The van der Waals surface area contributed by atoms with Gasteiger partial charge in [0.05, 0.1) is 25.4 Å². The first-order chi connectivity index (χ1) is 44.6. The van der Waals surface area contributed by atoms with Gasteiger partial charge >= 0.3 is 5.97 Å². The molecule has 10 atom stereocenters. The van der Waals surface area contributed by atoms with Gasteiger partial charge in [0.25, 0.3) is 0 Å². The number of amides is 12. The Balaban J connectivity index is 1.59. The van der Waals surface area contributed by atoms with Crippen LogP contribution in [0.15, 0.2) is 59.6 Å². The van der Waals surface area contributed by atoms with Crippen LogP contribution in [-0.4, -0.2) is 208 Å². The van der Waals surface area contributed by atoms with Gasteiger partial charge in [-0.05, 0) is 112 Å². The Morgan fingerprint density at radius 3 is 1.68 bits per heavy atom. The van der Waals surface area contributed by atoms with Crippen LogP contribution in [0.25, 0.3) is 0 Å². The van der Waals surface area contributed by atoms with Crippen LogP contribution in [0, 0.1) is 5.92 Å². The molecule has 22 N–H and O–H groups in total. The second-order valence-electron chi connectivity index (χ2n) is 23.6. The smallest absolute Gasteiger partial charge is 0.305 e. The summed E-state index contributed by atoms with van der Waals surface area (Å²) in [6.07, 6.45) is 2.10. The van der Waals surface area contributed by atoms with Crippen LogP contribution >= 0.6 is 11.8 Å². The molecule has 0 aliphatic carbocycles. The summed E-state index contributed by atoms with van der Waals surface area (Å²) in [5.41, 5.74) is 34.9. The number of rotatable bonds is 40. The highest BCUT2D eigenvalue weighted by molar-refractivity contribution is 7.98. The van der Waals surface area contributed by atoms with E-state index in [0.29, 0.717) is 49.1 Å². The van der Waals surface area contributed by atoms with E-state index >= 15 is 0 Å². The quantitative estimate of drug-likeness (QED) is 0.0171. The molecule has 0 bridgehead atoms. The van der Waals surface area contributed by atoms with E-state index in [-0.39, 0.29) is 95.0 Å². The number of benzene rings is 2. The minimum absolute atomic E-state index is 0.000777. The van der Waals surface area contributed by atoms with Crippen molar-refractivity contribution in [3.63, 3.8) is 0 Å². The number of carboxylic acids is 1. The van der Waals surface area contributed by atoms with Crippen molar-refractivity contribution in [3.05, 3.63) is 65.7 Å². The summed E-state index contributed by atoms with van der Waals surface area (Å²) in [6.45, 7) is 3.36. The number of likely N-dealkylation sites (tertiary alicyclic amines) is 2. The van der Waals surface area contributed by atoms with E-state index in [0.717, 1.165) is 4.90 Å². The second-order valence-corrected chi connectivity index (χ2v) is 24.6. The Kier molecular flexibility index (Phi) is 32.4. The molecule has 2 fully saturated rings. The zero-order chi connectivity index (χ0) is 69.6. The molecule has 2 aliphatic rings. The molecule has 33 heteroatoms. The Morgan fingerprint density at radius 2 is 1.13 bits per heavy atom. The van der Waals surface area contributed by atoms with Crippen LogP contribution in [0.2, 0.25) is 0 Å². The molecule has 518 valence electrons. The van der Waals surface area contributed by atoms with Gasteiger partial charge in [0.1, 0.15) is 60.1 Å². The number of hydrogen-bond donors (Lipinski definition) is 16. The topological polar surface area (TPSA) is 534 Å². The summed E-state index contributed by atoms with van der Waals surface area (Å²) in [6, 6.07) is 0.283. The summed E-state index contributed by atoms with van der Waals surface area (Å²) in [5.74, 6) is -12.1. The number of nitrogens with zero attached hydrogens (tertiary/aromatic N) is 3. The van der Waals surface area contributed by atoms with E-state index in [1.165, 1.54) is 40.9 Å². The lowest BCUT2D eigenvalue weighted by Gasteiger charge is -2.31. The number of primary amides is 2. The molecule has 2 saturated heterocycles. The molecule has 2 aromatic rings. The number of nitrogens with two attached hydrogens (primary N) is 6. The lowest BCUT2D eigenvalue weighted by atomic mass is 10.0. The van der Waals surface area contributed by atoms with Crippen molar-refractivity contribution in [1.29, 1.82) is 0 Å². The van der Waals surface area contributed by atoms with Gasteiger partial charge < -0.3 is 96.9 Å². The van der Waals surface area contributed by atoms with Gasteiger partial charge in [-0.15, -0.1) is 0 Å². The molecule has 4 rings (SSSR count). The molecular weight excluding hydrogens is 1240 g/mol. The summed E-state index contributed by atoms with van der Waals surface area (Å²) < 4.78 is 0. The van der Waals surface area contributed by atoms with Crippen LogP contribution in [0.5, 0.6) is 5.75 Å². The molecule has 2 aromatic carbocycles. The Bertz CT molecular complexity index is 2980. The number of aliphatic carboxylic acids is 1. The number of phenolic OH excluding ortho intramolecular Hbond substituents is 1. The maximum absolute atomic E-state index is 14.7. The number of aromatic hydroxyl groups is 1. The number of carbonyl (C=O) groups is 13. The van der Waals surface area contributed by atoms with E-state index < -0.39 is 157 Å². The zero-order valence-electron chi connectivity index (χ0n) is 53.3. The highest BCUT2D eigenvalue weighted by Crippen LogP contribution is 2.23. The van der Waals surface area contributed by atoms with Gasteiger partial charge in [-0.25, -0.2) is 0 Å². The number of carboxylic acid groups (broad SMARTS) is 1. The number of thioether (sulfide) groups is 1. The predicted molar refractivity (Wildman–Crippen MR) is 346 cm³/mol. The van der Waals surface area contributed by atoms with Crippen LogP contribution in [0.4, 0.5) is 0 Å². The van der Waals surface area contributed by atoms with Crippen molar-refractivity contribution in [3.8, 4) is 5.75 Å². The van der Waals surface area contributed by atoms with Crippen LogP contribution < -0.4 is 76.9 Å². The molecule has 12 amide bonds. The second kappa shape index (κ2) is 39.4. The van der Waals surface area contributed by atoms with E-state index in [9.17, 15) is 72.5 Å². The fourth-order valence-corrected chi connectivity index (χ4v) is 11.2. The SMILES string of the molecule is CSCC[C@H](NC(=O)[C@H](CC(C)C)NC(=O)CNC(=O)[C@H](Cc1ccc(O)cc1)NC(=O)[C@H](Cc1ccccc1)NC(=O)[C@H](CCCN=C(N)N)NC(=O)[C@H](CC(=O)O)NC(=O)[C@@H]1CCCN1C(=O)[C@H](CC(N)=O)NC(=O)[C@@H]1CCCN1C(=O)[C@@H](N)CCCCN)C(N)=O. The Hall–Kier alpha value is -9.11. The molecule has 2 aliphatic heterocycles. The van der Waals surface area contributed by atoms with Crippen LogP contribution in [-0.2, 0) is 75.2 Å². The van der Waals surface area contributed by atoms with E-state index in [2.05, 4.69) is 47.5 Å². The minimum atomic E-state index is -1.92.